The molecule has 1 unspecified atom stereocenters. The van der Waals surface area contributed by atoms with Crippen molar-refractivity contribution in [1.29, 1.82) is 0 Å². The number of hydrogen-bond acceptors (Lipinski definition) is 5. The van der Waals surface area contributed by atoms with Gasteiger partial charge in [0.15, 0.2) is 5.17 Å². The molecule has 1 fully saturated rings. The van der Waals surface area contributed by atoms with E-state index in [0.29, 0.717) is 0 Å². The molecular formula is C21H18F3N3O4S. The molecule has 0 saturated carbocycles. The Balaban J connectivity index is 1.84. The van der Waals surface area contributed by atoms with Crippen LogP contribution in [-0.2, 0) is 15.8 Å². The van der Waals surface area contributed by atoms with Gasteiger partial charge in [-0.25, -0.2) is 9.79 Å². The highest BCUT2D eigenvalue weighted by Gasteiger charge is 2.35. The van der Waals surface area contributed by atoms with Crippen LogP contribution in [0.5, 0.6) is 0 Å². The Bertz CT molecular complexity index is 1090. The van der Waals surface area contributed by atoms with Gasteiger partial charge >= 0.3 is 12.1 Å². The second-order valence-electron chi connectivity index (χ2n) is 6.77. The number of carbonyl (C=O) groups excluding carboxylic acids is 2. The van der Waals surface area contributed by atoms with Gasteiger partial charge in [0.1, 0.15) is 5.25 Å². The molecule has 168 valence electrons. The van der Waals surface area contributed by atoms with E-state index < -0.39 is 34.8 Å². The Hall–Kier alpha value is -3.34. The lowest BCUT2D eigenvalue weighted by Gasteiger charge is -2.31. The van der Waals surface area contributed by atoms with Gasteiger partial charge in [-0.1, -0.05) is 23.9 Å². The first-order valence-corrected chi connectivity index (χ1v) is 10.3. The largest absolute Gasteiger partial charge is 0.478 e. The number of aliphatic imine (C=N–C) groups is 1. The molecule has 0 bridgehead atoms. The zero-order valence-corrected chi connectivity index (χ0v) is 17.5. The summed E-state index contributed by atoms with van der Waals surface area (Å²) in [5.41, 5.74) is -0.637. The van der Waals surface area contributed by atoms with Crippen molar-refractivity contribution in [2.45, 2.75) is 24.8 Å². The van der Waals surface area contributed by atoms with E-state index in [2.05, 4.69) is 10.3 Å². The van der Waals surface area contributed by atoms with E-state index in [1.165, 1.54) is 41.3 Å². The molecular weight excluding hydrogens is 447 g/mol. The second-order valence-corrected chi connectivity index (χ2v) is 7.94. The van der Waals surface area contributed by atoms with Gasteiger partial charge in [-0.3, -0.25) is 14.5 Å². The van der Waals surface area contributed by atoms with Crippen LogP contribution in [0.25, 0.3) is 0 Å². The summed E-state index contributed by atoms with van der Waals surface area (Å²) in [6, 6.07) is 10.0. The molecule has 0 radical (unpaired) electrons. The molecule has 1 aliphatic rings. The summed E-state index contributed by atoms with van der Waals surface area (Å²) >= 11 is 0.959. The average molecular weight is 465 g/mol. The van der Waals surface area contributed by atoms with Crippen LogP contribution in [0.3, 0.4) is 0 Å². The van der Waals surface area contributed by atoms with Crippen molar-refractivity contribution in [2.24, 2.45) is 4.99 Å². The van der Waals surface area contributed by atoms with E-state index in [1.54, 1.807) is 6.92 Å². The lowest BCUT2D eigenvalue weighted by atomic mass is 10.2. The van der Waals surface area contributed by atoms with Crippen molar-refractivity contribution < 1.29 is 32.7 Å². The molecule has 2 aromatic carbocycles. The topological polar surface area (TPSA) is 99.1 Å². The highest BCUT2D eigenvalue weighted by molar-refractivity contribution is 8.15. The Morgan fingerprint density at radius 1 is 1.22 bits per heavy atom. The Labute approximate surface area is 185 Å². The van der Waals surface area contributed by atoms with Crippen LogP contribution in [0, 0.1) is 0 Å². The van der Waals surface area contributed by atoms with Crippen LogP contribution in [-0.4, -0.2) is 44.8 Å². The molecule has 3 rings (SSSR count). The van der Waals surface area contributed by atoms with Gasteiger partial charge in [0.25, 0.3) is 0 Å². The van der Waals surface area contributed by atoms with Crippen molar-refractivity contribution in [1.82, 2.24) is 4.90 Å². The summed E-state index contributed by atoms with van der Waals surface area (Å²) in [6.07, 6.45) is -4.67. The maximum Gasteiger partial charge on any atom is 0.416 e. The number of amidine groups is 1. The highest BCUT2D eigenvalue weighted by atomic mass is 32.2. The molecule has 1 atom stereocenters. The average Bonchev–Trinajstić information content (AvgIpc) is 2.73. The third-order valence-corrected chi connectivity index (χ3v) is 5.71. The minimum absolute atomic E-state index is 0.00351. The molecule has 1 saturated heterocycles. The summed E-state index contributed by atoms with van der Waals surface area (Å²) in [7, 11) is 0. The van der Waals surface area contributed by atoms with Crippen LogP contribution in [0.15, 0.2) is 53.5 Å². The van der Waals surface area contributed by atoms with E-state index in [-0.39, 0.29) is 35.1 Å². The predicted octanol–water partition coefficient (Wildman–Crippen LogP) is 4.38. The third-order valence-electron chi connectivity index (χ3n) is 4.52. The molecule has 2 amide bonds. The molecule has 32 heavy (non-hydrogen) atoms. The molecule has 0 spiro atoms. The fourth-order valence-corrected chi connectivity index (χ4v) is 4.13. The minimum Gasteiger partial charge on any atom is -0.478 e. The van der Waals surface area contributed by atoms with Gasteiger partial charge in [-0.15, -0.1) is 0 Å². The molecule has 1 heterocycles. The van der Waals surface area contributed by atoms with E-state index >= 15 is 0 Å². The number of nitrogens with one attached hydrogen (secondary N) is 1. The number of hydrogen-bond donors (Lipinski definition) is 2. The van der Waals surface area contributed by atoms with Crippen LogP contribution < -0.4 is 5.32 Å². The number of carboxylic acid groups (broad SMARTS) is 1. The van der Waals surface area contributed by atoms with E-state index in [0.717, 1.165) is 23.9 Å². The van der Waals surface area contributed by atoms with Crippen LogP contribution in [0.1, 0.15) is 29.3 Å². The van der Waals surface area contributed by atoms with E-state index in [9.17, 15) is 27.6 Å². The Morgan fingerprint density at radius 2 is 1.94 bits per heavy atom. The molecule has 11 heteroatoms. The van der Waals surface area contributed by atoms with Crippen LogP contribution >= 0.6 is 11.8 Å². The number of nitrogens with zero attached hydrogens (tertiary/aromatic N) is 2. The first-order chi connectivity index (χ1) is 15.1. The number of benzene rings is 2. The summed E-state index contributed by atoms with van der Waals surface area (Å²) < 4.78 is 39.0. The quantitative estimate of drug-likeness (QED) is 0.683. The van der Waals surface area contributed by atoms with Gasteiger partial charge in [0, 0.05) is 18.7 Å². The number of thioether (sulfide) groups is 1. The second kappa shape index (κ2) is 9.43. The number of aromatic carboxylic acids is 1. The SMILES string of the molecule is CCN1C(=O)CC(C(=O)Nc2cccc(C(=O)O)c2)SC1=Nc1cccc(C(F)(F)F)c1. The monoisotopic (exact) mass is 465 g/mol. The third kappa shape index (κ3) is 5.47. The van der Waals surface area contributed by atoms with Crippen LogP contribution in [0.4, 0.5) is 24.5 Å². The molecule has 1 aliphatic heterocycles. The minimum atomic E-state index is -4.54. The normalized spacial score (nSPS) is 18.0. The maximum absolute atomic E-state index is 13.0. The molecule has 2 N–H and O–H groups in total. The summed E-state index contributed by atoms with van der Waals surface area (Å²) in [5.74, 6) is -2.09. The van der Waals surface area contributed by atoms with Crippen molar-refractivity contribution >= 4 is 46.1 Å². The molecule has 0 aromatic heterocycles. The Kier molecular flexibility index (Phi) is 6.87. The lowest BCUT2D eigenvalue weighted by Crippen LogP contribution is -2.45. The van der Waals surface area contributed by atoms with Crippen molar-refractivity contribution in [2.75, 3.05) is 11.9 Å². The summed E-state index contributed by atoms with van der Waals surface area (Å²) in [6.45, 7) is 1.93. The number of alkyl halides is 3. The van der Waals surface area contributed by atoms with Gasteiger partial charge < -0.3 is 10.4 Å². The smallest absolute Gasteiger partial charge is 0.416 e. The fourth-order valence-electron chi connectivity index (χ4n) is 2.97. The van der Waals surface area contributed by atoms with Crippen LogP contribution in [0.2, 0.25) is 0 Å². The standard InChI is InChI=1S/C21H18F3N3O4S/c1-2-27-17(28)11-16(18(29)25-14-7-3-5-12(9-14)19(30)31)32-20(27)26-15-8-4-6-13(10-15)21(22,23)24/h3-10,16H,2,11H2,1H3,(H,25,29)(H,30,31). The number of anilines is 1. The zero-order valence-electron chi connectivity index (χ0n) is 16.7. The Morgan fingerprint density at radius 3 is 2.59 bits per heavy atom. The predicted molar refractivity (Wildman–Crippen MR) is 114 cm³/mol. The van der Waals surface area contributed by atoms with E-state index in [4.69, 9.17) is 5.11 Å². The number of rotatable bonds is 5. The van der Waals surface area contributed by atoms with Gasteiger partial charge in [-0.05, 0) is 43.3 Å². The first-order valence-electron chi connectivity index (χ1n) is 9.45. The van der Waals surface area contributed by atoms with Crippen molar-refractivity contribution in [3.05, 3.63) is 59.7 Å². The van der Waals surface area contributed by atoms with Gasteiger partial charge in [0.05, 0.1) is 16.8 Å². The van der Waals surface area contributed by atoms with Gasteiger partial charge in [0.2, 0.25) is 11.8 Å². The molecule has 2 aromatic rings. The van der Waals surface area contributed by atoms with Gasteiger partial charge in [-0.2, -0.15) is 13.2 Å². The van der Waals surface area contributed by atoms with E-state index in [1.807, 2.05) is 0 Å². The summed E-state index contributed by atoms with van der Waals surface area (Å²) in [4.78, 5) is 41.9. The lowest BCUT2D eigenvalue weighted by molar-refractivity contribution is -0.137. The van der Waals surface area contributed by atoms with Crippen molar-refractivity contribution in [3.63, 3.8) is 0 Å². The highest BCUT2D eigenvalue weighted by Crippen LogP contribution is 2.33. The number of carboxylic acids is 1. The van der Waals surface area contributed by atoms with Crippen molar-refractivity contribution in [3.8, 4) is 0 Å². The number of halogens is 3. The fraction of sp³-hybridized carbons (Fsp3) is 0.238. The molecule has 0 aliphatic carbocycles. The number of carbonyl (C=O) groups is 3. The number of amides is 2. The zero-order chi connectivity index (χ0) is 23.5. The first kappa shape index (κ1) is 23.3. The maximum atomic E-state index is 13.0. The summed E-state index contributed by atoms with van der Waals surface area (Å²) in [5, 5.41) is 10.9. The molecule has 7 nitrogen and oxygen atoms in total.